The van der Waals surface area contributed by atoms with Gasteiger partial charge in [-0.25, -0.2) is 0 Å². The normalized spacial score (nSPS) is 9.48. The molecule has 0 saturated carbocycles. The van der Waals surface area contributed by atoms with Gasteiger partial charge in [-0.15, -0.1) is 0 Å². The number of methoxy groups -OCH3 is 1. The lowest BCUT2D eigenvalue weighted by Gasteiger charge is -2.06. The maximum atomic E-state index is 12.0. The molecule has 2 rings (SSSR count). The number of hydrogen-bond donors (Lipinski definition) is 1. The number of benzene rings is 2. The Kier molecular flexibility index (Phi) is 6.52. The van der Waals surface area contributed by atoms with E-state index in [2.05, 4.69) is 33.1 Å². The van der Waals surface area contributed by atoms with Gasteiger partial charge in [0.1, 0.15) is 18.1 Å². The molecule has 0 aliphatic rings. The van der Waals surface area contributed by atoms with Crippen molar-refractivity contribution in [3.8, 4) is 23.3 Å². The highest BCUT2D eigenvalue weighted by Crippen LogP contribution is 2.17. The van der Waals surface area contributed by atoms with E-state index in [0.29, 0.717) is 11.3 Å². The highest BCUT2D eigenvalue weighted by atomic mass is 79.9. The van der Waals surface area contributed by atoms with Crippen molar-refractivity contribution < 1.29 is 14.3 Å². The zero-order chi connectivity index (χ0) is 16.5. The van der Waals surface area contributed by atoms with Crippen LogP contribution in [-0.4, -0.2) is 26.2 Å². The molecule has 5 heteroatoms. The van der Waals surface area contributed by atoms with Crippen LogP contribution in [0.25, 0.3) is 0 Å². The van der Waals surface area contributed by atoms with E-state index in [4.69, 9.17) is 9.47 Å². The van der Waals surface area contributed by atoms with E-state index in [-0.39, 0.29) is 19.1 Å². The summed E-state index contributed by atoms with van der Waals surface area (Å²) in [6.45, 7) is 0.514. The summed E-state index contributed by atoms with van der Waals surface area (Å²) in [5.41, 5.74) is 0.488. The molecule has 0 fully saturated rings. The van der Waals surface area contributed by atoms with Crippen molar-refractivity contribution in [3.63, 3.8) is 0 Å². The van der Waals surface area contributed by atoms with Crippen LogP contribution in [0.5, 0.6) is 11.5 Å². The van der Waals surface area contributed by atoms with Crippen LogP contribution in [0.2, 0.25) is 0 Å². The second-order valence-electron chi connectivity index (χ2n) is 4.48. The van der Waals surface area contributed by atoms with Gasteiger partial charge in [0.15, 0.2) is 0 Å². The predicted molar refractivity (Wildman–Crippen MR) is 92.7 cm³/mol. The van der Waals surface area contributed by atoms with Crippen LogP contribution in [0.4, 0.5) is 0 Å². The maximum absolute atomic E-state index is 12.0. The van der Waals surface area contributed by atoms with Crippen molar-refractivity contribution in [1.82, 2.24) is 5.32 Å². The Morgan fingerprint density at radius 2 is 2.00 bits per heavy atom. The number of hydrogen-bond acceptors (Lipinski definition) is 3. The molecule has 23 heavy (non-hydrogen) atoms. The third kappa shape index (κ3) is 5.35. The predicted octanol–water partition coefficient (Wildman–Crippen LogP) is 3.27. The molecule has 1 N–H and O–H groups in total. The Morgan fingerprint density at radius 3 is 2.78 bits per heavy atom. The summed E-state index contributed by atoms with van der Waals surface area (Å²) < 4.78 is 11.6. The summed E-state index contributed by atoms with van der Waals surface area (Å²) in [4.78, 5) is 12.0. The Bertz CT molecular complexity index is 734. The molecular formula is C18H16BrNO3. The highest BCUT2D eigenvalue weighted by molar-refractivity contribution is 9.10. The number of carbonyl (C=O) groups excluding carboxylic acids is 1. The van der Waals surface area contributed by atoms with Crippen molar-refractivity contribution in [1.29, 1.82) is 0 Å². The molecule has 0 radical (unpaired) electrons. The van der Waals surface area contributed by atoms with E-state index in [9.17, 15) is 4.79 Å². The summed E-state index contributed by atoms with van der Waals surface area (Å²) in [6, 6.07) is 14.6. The molecule has 0 atom stereocenters. The number of ether oxygens (including phenoxy) is 2. The maximum Gasteiger partial charge on any atom is 0.255 e. The third-order valence-electron chi connectivity index (χ3n) is 2.92. The first kappa shape index (κ1) is 16.9. The van der Waals surface area contributed by atoms with E-state index >= 15 is 0 Å². The number of carbonyl (C=O) groups is 1. The van der Waals surface area contributed by atoms with Crippen LogP contribution in [0.1, 0.15) is 10.4 Å². The fourth-order valence-corrected chi connectivity index (χ4v) is 2.22. The largest absolute Gasteiger partial charge is 0.496 e. The lowest BCUT2D eigenvalue weighted by atomic mass is 10.2. The number of halogens is 1. The molecule has 0 aliphatic heterocycles. The van der Waals surface area contributed by atoms with Gasteiger partial charge in [0.25, 0.3) is 5.91 Å². The van der Waals surface area contributed by atoms with E-state index in [1.807, 2.05) is 30.3 Å². The van der Waals surface area contributed by atoms with Gasteiger partial charge in [-0.1, -0.05) is 46.0 Å². The minimum Gasteiger partial charge on any atom is -0.496 e. The van der Waals surface area contributed by atoms with Crippen LogP contribution in [0.3, 0.4) is 0 Å². The summed E-state index contributed by atoms with van der Waals surface area (Å²) >= 11 is 3.37. The Labute approximate surface area is 143 Å². The van der Waals surface area contributed by atoms with Crippen molar-refractivity contribution in [2.75, 3.05) is 20.3 Å². The van der Waals surface area contributed by atoms with Crippen molar-refractivity contribution in [2.45, 2.75) is 0 Å². The smallest absolute Gasteiger partial charge is 0.255 e. The van der Waals surface area contributed by atoms with Gasteiger partial charge in [0, 0.05) is 4.47 Å². The zero-order valence-corrected chi connectivity index (χ0v) is 14.2. The molecule has 0 aromatic heterocycles. The quantitative estimate of drug-likeness (QED) is 0.818. The highest BCUT2D eigenvalue weighted by Gasteiger charge is 2.09. The van der Waals surface area contributed by atoms with Gasteiger partial charge in [0.2, 0.25) is 0 Å². The van der Waals surface area contributed by atoms with E-state index in [1.165, 1.54) is 7.11 Å². The molecule has 1 amide bonds. The van der Waals surface area contributed by atoms with Crippen LogP contribution >= 0.6 is 15.9 Å². The number of para-hydroxylation sites is 1. The molecule has 0 unspecified atom stereocenters. The van der Waals surface area contributed by atoms with Crippen LogP contribution in [0, 0.1) is 11.8 Å². The van der Waals surface area contributed by atoms with Crippen LogP contribution in [0.15, 0.2) is 53.0 Å². The summed E-state index contributed by atoms with van der Waals surface area (Å²) in [7, 11) is 1.53. The first-order valence-corrected chi connectivity index (χ1v) is 7.75. The fraction of sp³-hybridized carbons (Fsp3) is 0.167. The Hall–Kier alpha value is -2.45. The Balaban J connectivity index is 1.78. The average molecular weight is 374 g/mol. The first-order valence-electron chi connectivity index (χ1n) is 6.96. The standard InChI is InChI=1S/C18H16BrNO3/c1-22-17-10-3-2-9-16(17)18(21)20-11-4-5-12-23-15-8-6-7-14(19)13-15/h2-3,6-10,13H,11-12H2,1H3,(H,20,21). The number of nitrogens with one attached hydrogen (secondary N) is 1. The molecule has 2 aromatic carbocycles. The monoisotopic (exact) mass is 373 g/mol. The second kappa shape index (κ2) is 8.86. The minimum atomic E-state index is -0.218. The molecule has 4 nitrogen and oxygen atoms in total. The summed E-state index contributed by atoms with van der Waals surface area (Å²) in [6.07, 6.45) is 0. The van der Waals surface area contributed by atoms with Crippen LogP contribution < -0.4 is 14.8 Å². The van der Waals surface area contributed by atoms with Gasteiger partial charge in [-0.05, 0) is 30.3 Å². The van der Waals surface area contributed by atoms with Crippen molar-refractivity contribution in [2.24, 2.45) is 0 Å². The first-order chi connectivity index (χ1) is 11.2. The molecular weight excluding hydrogens is 358 g/mol. The molecule has 0 heterocycles. The van der Waals surface area contributed by atoms with Gasteiger partial charge in [-0.3, -0.25) is 4.79 Å². The Morgan fingerprint density at radius 1 is 1.17 bits per heavy atom. The lowest BCUT2D eigenvalue weighted by molar-refractivity contribution is 0.0955. The minimum absolute atomic E-state index is 0.218. The van der Waals surface area contributed by atoms with E-state index in [0.717, 1.165) is 10.2 Å². The average Bonchev–Trinajstić information content (AvgIpc) is 2.57. The summed E-state index contributed by atoms with van der Waals surface area (Å²) in [5, 5.41) is 2.73. The molecule has 0 spiro atoms. The zero-order valence-electron chi connectivity index (χ0n) is 12.6. The SMILES string of the molecule is COc1ccccc1C(=O)NCC#CCOc1cccc(Br)c1. The van der Waals surface area contributed by atoms with Crippen molar-refractivity contribution >= 4 is 21.8 Å². The van der Waals surface area contributed by atoms with Gasteiger partial charge < -0.3 is 14.8 Å². The molecule has 0 saturated heterocycles. The van der Waals surface area contributed by atoms with Crippen molar-refractivity contribution in [3.05, 3.63) is 58.6 Å². The lowest BCUT2D eigenvalue weighted by Crippen LogP contribution is -2.24. The van der Waals surface area contributed by atoms with Gasteiger partial charge in [-0.2, -0.15) is 0 Å². The number of rotatable bonds is 5. The molecule has 118 valence electrons. The second-order valence-corrected chi connectivity index (χ2v) is 5.40. The fourth-order valence-electron chi connectivity index (χ4n) is 1.84. The number of amides is 1. The van der Waals surface area contributed by atoms with E-state index < -0.39 is 0 Å². The summed E-state index contributed by atoms with van der Waals surface area (Å²) in [5.74, 6) is 6.77. The molecule has 0 bridgehead atoms. The molecule has 0 aliphatic carbocycles. The topological polar surface area (TPSA) is 47.6 Å². The third-order valence-corrected chi connectivity index (χ3v) is 3.41. The van der Waals surface area contributed by atoms with Gasteiger partial charge >= 0.3 is 0 Å². The molecule has 2 aromatic rings. The van der Waals surface area contributed by atoms with Gasteiger partial charge in [0.05, 0.1) is 19.2 Å². The van der Waals surface area contributed by atoms with E-state index in [1.54, 1.807) is 18.2 Å². The van der Waals surface area contributed by atoms with Crippen LogP contribution in [-0.2, 0) is 0 Å².